The third kappa shape index (κ3) is 5.66. The number of anilines is 1. The van der Waals surface area contributed by atoms with Gasteiger partial charge in [0.05, 0.1) is 0 Å². The second kappa shape index (κ2) is 8.76. The highest BCUT2D eigenvalue weighted by Crippen LogP contribution is 2.14. The lowest BCUT2D eigenvalue weighted by atomic mass is 10.2. The highest BCUT2D eigenvalue weighted by molar-refractivity contribution is 7.98. The lowest BCUT2D eigenvalue weighted by molar-refractivity contribution is 0.617. The van der Waals surface area contributed by atoms with Gasteiger partial charge in [0.2, 0.25) is 0 Å². The number of nitrogens with one attached hydrogen (secondary N) is 2. The average molecular weight is 334 g/mol. The highest BCUT2D eigenvalue weighted by Gasteiger charge is 2.01. The average Bonchev–Trinajstić information content (AvgIpc) is 2.48. The molecule has 0 spiro atoms. The maximum Gasteiger partial charge on any atom is 0.170 e. The maximum atomic E-state index is 13.4. The number of aryl methyl sites for hydroxylation is 1. The van der Waals surface area contributed by atoms with Crippen molar-refractivity contribution in [1.29, 1.82) is 0 Å². The zero-order valence-corrected chi connectivity index (χ0v) is 14.1. The van der Waals surface area contributed by atoms with Crippen LogP contribution in [0, 0.1) is 12.7 Å². The van der Waals surface area contributed by atoms with Crippen LogP contribution >= 0.6 is 24.0 Å². The molecule has 2 aromatic carbocycles. The second-order valence-corrected chi connectivity index (χ2v) is 6.41. The molecule has 0 bridgehead atoms. The van der Waals surface area contributed by atoms with Crippen molar-refractivity contribution >= 4 is 34.8 Å². The van der Waals surface area contributed by atoms with E-state index in [1.165, 1.54) is 11.6 Å². The third-order valence-electron chi connectivity index (χ3n) is 3.02. The van der Waals surface area contributed by atoms with Gasteiger partial charge in [-0.25, -0.2) is 4.39 Å². The number of halogens is 1. The van der Waals surface area contributed by atoms with Gasteiger partial charge >= 0.3 is 0 Å². The number of thioether (sulfide) groups is 1. The van der Waals surface area contributed by atoms with Gasteiger partial charge < -0.3 is 10.6 Å². The van der Waals surface area contributed by atoms with E-state index in [9.17, 15) is 4.39 Å². The van der Waals surface area contributed by atoms with Gasteiger partial charge in [0, 0.05) is 23.7 Å². The van der Waals surface area contributed by atoms with E-state index in [2.05, 4.69) is 10.6 Å². The Bertz CT molecular complexity index is 632. The van der Waals surface area contributed by atoms with Crippen LogP contribution in [-0.2, 0) is 5.75 Å². The first-order valence-electron chi connectivity index (χ1n) is 7.08. The number of hydrogen-bond donors (Lipinski definition) is 2. The fourth-order valence-corrected chi connectivity index (χ4v) is 3.00. The molecule has 0 aliphatic heterocycles. The van der Waals surface area contributed by atoms with Gasteiger partial charge in [-0.05, 0) is 48.5 Å². The van der Waals surface area contributed by atoms with Gasteiger partial charge in [-0.3, -0.25) is 0 Å². The molecule has 0 amide bonds. The summed E-state index contributed by atoms with van der Waals surface area (Å²) < 4.78 is 13.4. The first kappa shape index (κ1) is 16.8. The summed E-state index contributed by atoms with van der Waals surface area (Å²) in [5, 5.41) is 6.92. The van der Waals surface area contributed by atoms with Crippen LogP contribution in [0.4, 0.5) is 10.1 Å². The largest absolute Gasteiger partial charge is 0.362 e. The van der Waals surface area contributed by atoms with Crippen molar-refractivity contribution in [2.24, 2.45) is 0 Å². The Kier molecular flexibility index (Phi) is 6.68. The topological polar surface area (TPSA) is 24.1 Å². The summed E-state index contributed by atoms with van der Waals surface area (Å²) in [4.78, 5) is 0. The molecule has 0 aliphatic carbocycles. The molecule has 2 nitrogen and oxygen atoms in total. The summed E-state index contributed by atoms with van der Waals surface area (Å²) in [6, 6.07) is 14.9. The molecule has 0 aromatic heterocycles. The van der Waals surface area contributed by atoms with Crippen LogP contribution in [0.3, 0.4) is 0 Å². The molecule has 0 atom stereocenters. The van der Waals surface area contributed by atoms with Crippen molar-refractivity contribution in [3.05, 3.63) is 65.5 Å². The van der Waals surface area contributed by atoms with E-state index in [0.29, 0.717) is 10.9 Å². The van der Waals surface area contributed by atoms with Crippen LogP contribution in [-0.4, -0.2) is 17.4 Å². The molecule has 2 aromatic rings. The minimum absolute atomic E-state index is 0.139. The summed E-state index contributed by atoms with van der Waals surface area (Å²) in [5.74, 6) is 1.40. The van der Waals surface area contributed by atoms with Gasteiger partial charge in [0.25, 0.3) is 0 Å². The fraction of sp³-hybridized carbons (Fsp3) is 0.235. The molecular formula is C17H19FN2S2. The summed E-state index contributed by atoms with van der Waals surface area (Å²) in [7, 11) is 0. The maximum absolute atomic E-state index is 13.4. The summed E-state index contributed by atoms with van der Waals surface area (Å²) in [5.41, 5.74) is 2.91. The minimum atomic E-state index is -0.139. The van der Waals surface area contributed by atoms with Gasteiger partial charge in [-0.2, -0.15) is 11.8 Å². The van der Waals surface area contributed by atoms with Crippen LogP contribution < -0.4 is 10.6 Å². The quantitative estimate of drug-likeness (QED) is 0.606. The van der Waals surface area contributed by atoms with Crippen LogP contribution in [0.25, 0.3) is 0 Å². The Morgan fingerprint density at radius 3 is 2.77 bits per heavy atom. The monoisotopic (exact) mass is 334 g/mol. The van der Waals surface area contributed by atoms with E-state index in [1.54, 1.807) is 17.8 Å². The number of benzene rings is 2. The Balaban J connectivity index is 1.64. The number of thiocarbonyl (C=S) groups is 1. The SMILES string of the molecule is Cc1cccc(NC(=S)NCCSCc2ccccc2F)c1. The van der Waals surface area contributed by atoms with Crippen molar-refractivity contribution < 1.29 is 4.39 Å². The van der Waals surface area contributed by atoms with Crippen LogP contribution in [0.2, 0.25) is 0 Å². The standard InChI is InChI=1S/C17H19FN2S2/c1-13-5-4-7-15(11-13)20-17(21)19-9-10-22-12-14-6-2-3-8-16(14)18/h2-8,11H,9-10,12H2,1H3,(H2,19,20,21). The van der Waals surface area contributed by atoms with Crippen molar-refractivity contribution in [3.8, 4) is 0 Å². The molecule has 0 radical (unpaired) electrons. The minimum Gasteiger partial charge on any atom is -0.362 e. The molecule has 2 rings (SSSR count). The second-order valence-electron chi connectivity index (χ2n) is 4.89. The smallest absolute Gasteiger partial charge is 0.170 e. The molecule has 2 N–H and O–H groups in total. The van der Waals surface area contributed by atoms with E-state index in [4.69, 9.17) is 12.2 Å². The molecule has 0 aliphatic rings. The number of hydrogen-bond acceptors (Lipinski definition) is 2. The number of rotatable bonds is 6. The first-order valence-corrected chi connectivity index (χ1v) is 8.64. The Morgan fingerprint density at radius 1 is 1.18 bits per heavy atom. The van der Waals surface area contributed by atoms with Gasteiger partial charge in [0.1, 0.15) is 5.82 Å². The summed E-state index contributed by atoms with van der Waals surface area (Å²) in [6.45, 7) is 2.79. The normalized spacial score (nSPS) is 10.3. The first-order chi connectivity index (χ1) is 10.6. The van der Waals surface area contributed by atoms with E-state index in [-0.39, 0.29) is 5.82 Å². The van der Waals surface area contributed by atoms with Crippen LogP contribution in [0.15, 0.2) is 48.5 Å². The third-order valence-corrected chi connectivity index (χ3v) is 4.28. The molecular weight excluding hydrogens is 315 g/mol. The summed E-state index contributed by atoms with van der Waals surface area (Å²) >= 11 is 6.93. The Labute approximate surface area is 140 Å². The zero-order valence-electron chi connectivity index (χ0n) is 12.4. The molecule has 116 valence electrons. The van der Waals surface area contributed by atoms with E-state index in [1.807, 2.05) is 43.3 Å². The van der Waals surface area contributed by atoms with Gasteiger partial charge in [-0.1, -0.05) is 30.3 Å². The zero-order chi connectivity index (χ0) is 15.8. The van der Waals surface area contributed by atoms with Crippen molar-refractivity contribution in [2.75, 3.05) is 17.6 Å². The van der Waals surface area contributed by atoms with Crippen molar-refractivity contribution in [2.45, 2.75) is 12.7 Å². The van der Waals surface area contributed by atoms with E-state index >= 15 is 0 Å². The predicted molar refractivity (Wildman–Crippen MR) is 98.0 cm³/mol. The molecule has 22 heavy (non-hydrogen) atoms. The van der Waals surface area contributed by atoms with Crippen molar-refractivity contribution in [3.63, 3.8) is 0 Å². The van der Waals surface area contributed by atoms with Crippen LogP contribution in [0.1, 0.15) is 11.1 Å². The fourth-order valence-electron chi connectivity index (χ4n) is 1.93. The molecule has 0 unspecified atom stereocenters. The Hall–Kier alpha value is -1.59. The molecule has 0 saturated heterocycles. The lowest BCUT2D eigenvalue weighted by Gasteiger charge is -2.11. The van der Waals surface area contributed by atoms with Crippen LogP contribution in [0.5, 0.6) is 0 Å². The Morgan fingerprint density at radius 2 is 2.00 bits per heavy atom. The molecule has 0 saturated carbocycles. The van der Waals surface area contributed by atoms with Gasteiger partial charge in [0.15, 0.2) is 5.11 Å². The molecule has 5 heteroatoms. The highest BCUT2D eigenvalue weighted by atomic mass is 32.2. The predicted octanol–water partition coefficient (Wildman–Crippen LogP) is 4.35. The van der Waals surface area contributed by atoms with Gasteiger partial charge in [-0.15, -0.1) is 0 Å². The van der Waals surface area contributed by atoms with E-state index < -0.39 is 0 Å². The lowest BCUT2D eigenvalue weighted by Crippen LogP contribution is -2.30. The van der Waals surface area contributed by atoms with Crippen molar-refractivity contribution in [1.82, 2.24) is 5.32 Å². The summed E-state index contributed by atoms with van der Waals surface area (Å²) in [6.07, 6.45) is 0. The molecule has 0 heterocycles. The van der Waals surface area contributed by atoms with E-state index in [0.717, 1.165) is 23.5 Å². The molecule has 0 fully saturated rings.